The van der Waals surface area contributed by atoms with Crippen molar-refractivity contribution in [2.24, 2.45) is 0 Å². The van der Waals surface area contributed by atoms with Crippen molar-refractivity contribution in [2.45, 2.75) is 0 Å². The lowest BCUT2D eigenvalue weighted by molar-refractivity contribution is 1.07. The van der Waals surface area contributed by atoms with E-state index in [2.05, 4.69) is 35.7 Å². The zero-order valence-corrected chi connectivity index (χ0v) is 14.3. The predicted molar refractivity (Wildman–Crippen MR) is 97.7 cm³/mol. The summed E-state index contributed by atoms with van der Waals surface area (Å²) in [5, 5.41) is 8.86. The van der Waals surface area contributed by atoms with Gasteiger partial charge in [-0.1, -0.05) is 46.3 Å². The van der Waals surface area contributed by atoms with Gasteiger partial charge in [0.15, 0.2) is 11.6 Å². The number of hydrogen-bond acceptors (Lipinski definition) is 3. The lowest BCUT2D eigenvalue weighted by Crippen LogP contribution is -2.00. The molecule has 0 saturated carbocycles. The fraction of sp³-hybridized carbons (Fsp3) is 0. The fourth-order valence-electron chi connectivity index (χ4n) is 2.58. The van der Waals surface area contributed by atoms with Gasteiger partial charge in [-0.25, -0.2) is 0 Å². The number of rotatable bonds is 3. The molecule has 0 aliphatic carbocycles. The molecule has 2 aromatic carbocycles. The monoisotopic (exact) mass is 376 g/mol. The molecule has 2 heterocycles. The molecular weight excluding hydrogens is 364 g/mol. The third-order valence-electron chi connectivity index (χ3n) is 3.70. The van der Waals surface area contributed by atoms with E-state index in [1.54, 1.807) is 12.4 Å². The Morgan fingerprint density at radius 3 is 2.04 bits per heavy atom. The quantitative estimate of drug-likeness (QED) is 0.517. The second kappa shape index (κ2) is 6.37. The van der Waals surface area contributed by atoms with Crippen LogP contribution >= 0.6 is 15.9 Å². The summed E-state index contributed by atoms with van der Waals surface area (Å²) in [7, 11) is 0. The first-order valence-corrected chi connectivity index (χ1v) is 8.29. The summed E-state index contributed by atoms with van der Waals surface area (Å²) in [6, 6.07) is 22.1. The molecule has 24 heavy (non-hydrogen) atoms. The summed E-state index contributed by atoms with van der Waals surface area (Å²) in [6.07, 6.45) is 3.55. The van der Waals surface area contributed by atoms with Crippen LogP contribution in [0.4, 0.5) is 0 Å². The molecule has 0 N–H and O–H groups in total. The van der Waals surface area contributed by atoms with Crippen molar-refractivity contribution in [3.05, 3.63) is 83.6 Å². The Balaban J connectivity index is 1.96. The van der Waals surface area contributed by atoms with E-state index in [9.17, 15) is 0 Å². The Labute approximate surface area is 148 Å². The maximum absolute atomic E-state index is 4.44. The molecule has 2 aromatic heterocycles. The van der Waals surface area contributed by atoms with Crippen molar-refractivity contribution in [1.82, 2.24) is 19.7 Å². The van der Waals surface area contributed by atoms with E-state index in [0.29, 0.717) is 0 Å². The van der Waals surface area contributed by atoms with Crippen LogP contribution in [0.15, 0.2) is 83.6 Å². The van der Waals surface area contributed by atoms with E-state index in [1.165, 1.54) is 0 Å². The Bertz CT molecular complexity index is 891. The Morgan fingerprint density at radius 2 is 1.38 bits per heavy atom. The van der Waals surface area contributed by atoms with Crippen LogP contribution < -0.4 is 0 Å². The molecule has 0 aliphatic heterocycles. The first-order valence-electron chi connectivity index (χ1n) is 7.50. The number of aromatic nitrogens is 4. The van der Waals surface area contributed by atoms with Crippen LogP contribution in [0.1, 0.15) is 0 Å². The van der Waals surface area contributed by atoms with Crippen molar-refractivity contribution >= 4 is 15.9 Å². The van der Waals surface area contributed by atoms with E-state index in [4.69, 9.17) is 0 Å². The molecule has 0 fully saturated rings. The molecule has 5 heteroatoms. The van der Waals surface area contributed by atoms with E-state index < -0.39 is 0 Å². The highest BCUT2D eigenvalue weighted by atomic mass is 79.9. The highest BCUT2D eigenvalue weighted by Crippen LogP contribution is 2.28. The van der Waals surface area contributed by atoms with Gasteiger partial charge in [-0.3, -0.25) is 9.55 Å². The minimum atomic E-state index is 0.768. The Morgan fingerprint density at radius 1 is 0.708 bits per heavy atom. The molecule has 0 bridgehead atoms. The second-order valence-electron chi connectivity index (χ2n) is 5.27. The van der Waals surface area contributed by atoms with Crippen LogP contribution in [-0.4, -0.2) is 19.7 Å². The van der Waals surface area contributed by atoms with Gasteiger partial charge in [0.2, 0.25) is 0 Å². The van der Waals surface area contributed by atoms with Gasteiger partial charge in [0.1, 0.15) is 0 Å². The number of nitrogens with zero attached hydrogens (tertiary/aromatic N) is 4. The molecule has 0 radical (unpaired) electrons. The SMILES string of the molecule is Brc1ccc(-n2c(-c3ccccc3)nnc2-c2cccnc2)cc1. The number of hydrogen-bond donors (Lipinski definition) is 0. The molecule has 0 unspecified atom stereocenters. The molecule has 0 saturated heterocycles. The van der Waals surface area contributed by atoms with Crippen LogP contribution in [-0.2, 0) is 0 Å². The molecule has 0 spiro atoms. The summed E-state index contributed by atoms with van der Waals surface area (Å²) in [5.41, 5.74) is 2.94. The van der Waals surface area contributed by atoms with Crippen molar-refractivity contribution in [3.63, 3.8) is 0 Å². The van der Waals surface area contributed by atoms with Crippen LogP contribution in [0.3, 0.4) is 0 Å². The van der Waals surface area contributed by atoms with Gasteiger partial charge in [0, 0.05) is 33.7 Å². The molecule has 0 amide bonds. The summed E-state index contributed by atoms with van der Waals surface area (Å²) in [6.45, 7) is 0. The Hall–Kier alpha value is -2.79. The van der Waals surface area contributed by atoms with Gasteiger partial charge < -0.3 is 0 Å². The molecule has 116 valence electrons. The van der Waals surface area contributed by atoms with E-state index in [-0.39, 0.29) is 0 Å². The van der Waals surface area contributed by atoms with Gasteiger partial charge >= 0.3 is 0 Å². The fourth-order valence-corrected chi connectivity index (χ4v) is 2.84. The van der Waals surface area contributed by atoms with Crippen LogP contribution in [0, 0.1) is 0 Å². The zero-order valence-electron chi connectivity index (χ0n) is 12.7. The topological polar surface area (TPSA) is 43.6 Å². The second-order valence-corrected chi connectivity index (χ2v) is 6.18. The highest BCUT2D eigenvalue weighted by Gasteiger charge is 2.16. The number of benzene rings is 2. The zero-order chi connectivity index (χ0) is 16.4. The van der Waals surface area contributed by atoms with Crippen molar-refractivity contribution in [3.8, 4) is 28.5 Å². The number of halogens is 1. The van der Waals surface area contributed by atoms with Crippen LogP contribution in [0.2, 0.25) is 0 Å². The van der Waals surface area contributed by atoms with E-state index in [0.717, 1.165) is 32.9 Å². The molecule has 4 rings (SSSR count). The minimum absolute atomic E-state index is 0.768. The smallest absolute Gasteiger partial charge is 0.170 e. The van der Waals surface area contributed by atoms with Crippen molar-refractivity contribution in [1.29, 1.82) is 0 Å². The first-order chi connectivity index (χ1) is 11.8. The molecule has 4 nitrogen and oxygen atoms in total. The molecule has 0 aliphatic rings. The third kappa shape index (κ3) is 2.74. The van der Waals surface area contributed by atoms with Crippen molar-refractivity contribution in [2.75, 3.05) is 0 Å². The predicted octanol–water partition coefficient (Wildman–Crippen LogP) is 4.76. The first kappa shape index (κ1) is 14.8. The van der Waals surface area contributed by atoms with Crippen molar-refractivity contribution < 1.29 is 0 Å². The van der Waals surface area contributed by atoms with Crippen LogP contribution in [0.25, 0.3) is 28.5 Å². The lowest BCUT2D eigenvalue weighted by Gasteiger charge is -2.11. The highest BCUT2D eigenvalue weighted by molar-refractivity contribution is 9.10. The normalized spacial score (nSPS) is 10.7. The maximum atomic E-state index is 4.44. The third-order valence-corrected chi connectivity index (χ3v) is 4.23. The average molecular weight is 377 g/mol. The van der Waals surface area contributed by atoms with Gasteiger partial charge in [-0.05, 0) is 36.4 Å². The summed E-state index contributed by atoms with van der Waals surface area (Å²) < 4.78 is 3.09. The lowest BCUT2D eigenvalue weighted by atomic mass is 10.2. The molecule has 4 aromatic rings. The van der Waals surface area contributed by atoms with E-state index >= 15 is 0 Å². The maximum Gasteiger partial charge on any atom is 0.170 e. The van der Waals surface area contributed by atoms with Gasteiger partial charge in [0.25, 0.3) is 0 Å². The van der Waals surface area contributed by atoms with E-state index in [1.807, 2.05) is 66.7 Å². The van der Waals surface area contributed by atoms with Crippen LogP contribution in [0.5, 0.6) is 0 Å². The summed E-state index contributed by atoms with van der Waals surface area (Å²) >= 11 is 3.49. The number of pyridine rings is 1. The molecular formula is C19H13BrN4. The molecule has 0 atom stereocenters. The minimum Gasteiger partial charge on any atom is -0.275 e. The van der Waals surface area contributed by atoms with Gasteiger partial charge in [-0.2, -0.15) is 0 Å². The average Bonchev–Trinajstić information content (AvgIpc) is 3.09. The summed E-state index contributed by atoms with van der Waals surface area (Å²) in [5.74, 6) is 1.57. The van der Waals surface area contributed by atoms with Gasteiger partial charge in [0.05, 0.1) is 0 Å². The Kier molecular flexibility index (Phi) is 3.92. The summed E-state index contributed by atoms with van der Waals surface area (Å²) in [4.78, 5) is 4.20. The van der Waals surface area contributed by atoms with Gasteiger partial charge in [-0.15, -0.1) is 10.2 Å². The standard InChI is InChI=1S/C19H13BrN4/c20-16-8-10-17(11-9-16)24-18(14-5-2-1-3-6-14)22-23-19(24)15-7-4-12-21-13-15/h1-13H. The largest absolute Gasteiger partial charge is 0.275 e.